The molecule has 16 N–H and O–H groups in total. The number of aliphatic hydroxyl groups excluding tert-OH is 1. The number of carbonyl (C=O) groups is 8. The number of hydrogen-bond acceptors (Lipinski definition) is 12. The number of aliphatic hydroxyl groups is 1. The molecule has 0 aliphatic carbocycles. The van der Waals surface area contributed by atoms with Crippen LogP contribution >= 0.6 is 0 Å². The Hall–Kier alpha value is -9.45. The number of phenolic OH excluding ortho intramolecular Hbond substituents is 2. The fourth-order valence-electron chi connectivity index (χ4n) is 10.5. The highest BCUT2D eigenvalue weighted by Gasteiger charge is 2.39. The number of benzene rings is 4. The number of aromatic amines is 2. The second-order valence-electron chi connectivity index (χ2n) is 21.9. The first-order chi connectivity index (χ1) is 41.3. The maximum atomic E-state index is 15.0. The lowest BCUT2D eigenvalue weighted by atomic mass is 9.99. The Morgan fingerprint density at radius 3 is 1.66 bits per heavy atom. The second kappa shape index (κ2) is 30.9. The molecule has 0 saturated carbocycles. The number of carbonyl (C=O) groups excluding carboxylic acids is 8. The Bertz CT molecular complexity index is 3340. The summed E-state index contributed by atoms with van der Waals surface area (Å²) in [6.07, 6.45) is 4.72. The molecule has 1 fully saturated rings. The van der Waals surface area contributed by atoms with Gasteiger partial charge in [0.15, 0.2) is 5.96 Å². The molecule has 3 heterocycles. The fraction of sp³-hybridized carbons (Fsp3) is 0.403. The smallest absolute Gasteiger partial charge is 0.245 e. The maximum Gasteiger partial charge on any atom is 0.245 e. The number of rotatable bonds is 30. The van der Waals surface area contributed by atoms with E-state index in [4.69, 9.17) is 11.5 Å². The molecular formula is C62H79N13O11. The number of hydrogen-bond donors (Lipinski definition) is 14. The molecule has 86 heavy (non-hydrogen) atoms. The third-order valence-electron chi connectivity index (χ3n) is 15.0. The van der Waals surface area contributed by atoms with Crippen molar-refractivity contribution in [3.63, 3.8) is 0 Å². The summed E-state index contributed by atoms with van der Waals surface area (Å²) in [5, 5.41) is 51.5. The number of aryl methyl sites for hydroxylation is 1. The molecule has 0 bridgehead atoms. The van der Waals surface area contributed by atoms with Crippen LogP contribution in [0.2, 0.25) is 0 Å². The van der Waals surface area contributed by atoms with Gasteiger partial charge in [-0.15, -0.1) is 0 Å². The van der Waals surface area contributed by atoms with Gasteiger partial charge in [0.05, 0.1) is 6.61 Å². The van der Waals surface area contributed by atoms with Gasteiger partial charge in [-0.1, -0.05) is 74.5 Å². The normalized spacial score (nSPS) is 15.1. The Labute approximate surface area is 498 Å². The first-order valence-corrected chi connectivity index (χ1v) is 29.0. The molecule has 458 valence electrons. The monoisotopic (exact) mass is 1180 g/mol. The number of amides is 8. The zero-order valence-electron chi connectivity index (χ0n) is 48.6. The van der Waals surface area contributed by atoms with Gasteiger partial charge in [-0.25, -0.2) is 0 Å². The van der Waals surface area contributed by atoms with Gasteiger partial charge in [0, 0.05) is 79.5 Å². The predicted octanol–water partition coefficient (Wildman–Crippen LogP) is 1.85. The van der Waals surface area contributed by atoms with Crippen LogP contribution in [0.1, 0.15) is 81.5 Å². The minimum atomic E-state index is -1.68. The van der Waals surface area contributed by atoms with Gasteiger partial charge in [0.1, 0.15) is 53.8 Å². The lowest BCUT2D eigenvalue weighted by Crippen LogP contribution is -2.61. The molecule has 0 unspecified atom stereocenters. The lowest BCUT2D eigenvalue weighted by molar-refractivity contribution is -0.142. The van der Waals surface area contributed by atoms with Crippen LogP contribution in [0.3, 0.4) is 0 Å². The van der Waals surface area contributed by atoms with Crippen LogP contribution in [-0.2, 0) is 64.0 Å². The number of likely N-dealkylation sites (N-methyl/N-ethyl adjacent to an activating group) is 1. The van der Waals surface area contributed by atoms with Gasteiger partial charge < -0.3 is 78.9 Å². The van der Waals surface area contributed by atoms with Crippen molar-refractivity contribution < 1.29 is 53.7 Å². The van der Waals surface area contributed by atoms with Crippen molar-refractivity contribution in [2.45, 2.75) is 127 Å². The first kappa shape index (κ1) is 64.1. The van der Waals surface area contributed by atoms with Crippen LogP contribution in [0, 0.1) is 5.92 Å². The van der Waals surface area contributed by atoms with E-state index in [2.05, 4.69) is 52.2 Å². The molecule has 6 aromatic rings. The SMILES string of the molecule is CCNC(=O)[C@@H]1CCCN1C(=O)[C@H](CCCN=C(N)N)NC(=O)[C@H](CC(C)C)NC(=O)[C@@H](Cc1c[nH]c2ccccc12)NC(=O)[C@H](Cc1ccc(O)cc1)NC(=O)[C@H](CO)NC(=O)[C@H](Cc1c[nH]c2ccccc12)NC(=O)CCc1ccc(O)cc1. The average Bonchev–Trinajstić information content (AvgIpc) is 3.28. The number of phenols is 2. The van der Waals surface area contributed by atoms with E-state index in [0.717, 1.165) is 27.4 Å². The van der Waals surface area contributed by atoms with Crippen LogP contribution < -0.4 is 48.7 Å². The number of nitrogens with two attached hydrogens (primary N) is 2. The van der Waals surface area contributed by atoms with Gasteiger partial charge >= 0.3 is 0 Å². The first-order valence-electron chi connectivity index (χ1n) is 29.0. The lowest BCUT2D eigenvalue weighted by Gasteiger charge is -2.30. The van der Waals surface area contributed by atoms with Crippen LogP contribution in [0.5, 0.6) is 11.5 Å². The number of aromatic nitrogens is 2. The van der Waals surface area contributed by atoms with Gasteiger partial charge in [0.2, 0.25) is 47.3 Å². The largest absolute Gasteiger partial charge is 0.508 e. The van der Waals surface area contributed by atoms with Gasteiger partial charge in [0.25, 0.3) is 0 Å². The number of H-pyrrole nitrogens is 2. The predicted molar refractivity (Wildman–Crippen MR) is 324 cm³/mol. The molecule has 24 nitrogen and oxygen atoms in total. The molecule has 1 aliphatic heterocycles. The van der Waals surface area contributed by atoms with E-state index in [1.807, 2.05) is 62.4 Å². The van der Waals surface area contributed by atoms with Crippen molar-refractivity contribution in [1.82, 2.24) is 52.1 Å². The number of nitrogens with one attached hydrogen (secondary N) is 9. The van der Waals surface area contributed by atoms with E-state index in [0.29, 0.717) is 36.1 Å². The van der Waals surface area contributed by atoms with Crippen molar-refractivity contribution in [2.24, 2.45) is 22.4 Å². The molecule has 24 heteroatoms. The average molecular weight is 1180 g/mol. The molecule has 4 aromatic carbocycles. The number of fused-ring (bicyclic) bond motifs is 2. The Balaban J connectivity index is 1.14. The molecular weight excluding hydrogens is 1100 g/mol. The molecule has 8 amide bonds. The summed E-state index contributed by atoms with van der Waals surface area (Å²) >= 11 is 0. The van der Waals surface area contributed by atoms with Crippen LogP contribution in [0.25, 0.3) is 21.8 Å². The zero-order valence-corrected chi connectivity index (χ0v) is 48.6. The number of aromatic hydroxyl groups is 2. The van der Waals surface area contributed by atoms with Crippen molar-refractivity contribution in [2.75, 3.05) is 26.2 Å². The molecule has 0 radical (unpaired) electrons. The molecule has 2 aromatic heterocycles. The number of guanidine groups is 1. The standard InChI is InChI=1S/C62H79N13O11/c1-4-65-60(85)53-16-10-28-75(53)61(86)47(15-9-27-66-62(63)64)70-55(80)48(29-36(2)3)71-58(83)51(32-40-34-68-46-14-8-6-12-44(40)46)73-56(81)49(30-38-19-24-42(78)25-20-38)72-59(84)52(35-76)74-57(82)50(31-39-33-67-45-13-7-5-11-43(39)45)69-54(79)26-21-37-17-22-41(77)23-18-37/h5-8,11-14,17-20,22-25,33-34,36,47-53,67-68,76-78H,4,9-10,15-16,21,26-32,35H2,1-3H3,(H,65,85)(H,69,79)(H,70,80)(H,71,83)(H,72,84)(H,73,81)(H,74,82)(H4,63,64,66)/t47-,48-,49-,50-,51+,52-,53-/m0/s1. The number of likely N-dealkylation sites (tertiary alicyclic amines) is 1. The molecule has 0 spiro atoms. The van der Waals surface area contributed by atoms with Gasteiger partial charge in [-0.3, -0.25) is 43.3 Å². The molecule has 7 atom stereocenters. The topological polar surface area (TPSA) is 381 Å². The van der Waals surface area contributed by atoms with Gasteiger partial charge in [-0.2, -0.15) is 0 Å². The third-order valence-corrected chi connectivity index (χ3v) is 15.0. The van der Waals surface area contributed by atoms with Crippen molar-refractivity contribution in [1.29, 1.82) is 0 Å². The van der Waals surface area contributed by atoms with E-state index in [-0.39, 0.29) is 93.7 Å². The summed E-state index contributed by atoms with van der Waals surface area (Å²) in [5.74, 6) is -5.84. The van der Waals surface area contributed by atoms with Crippen molar-refractivity contribution in [3.8, 4) is 11.5 Å². The summed E-state index contributed by atoms with van der Waals surface area (Å²) in [7, 11) is 0. The van der Waals surface area contributed by atoms with E-state index in [9.17, 15) is 53.7 Å². The highest BCUT2D eigenvalue weighted by molar-refractivity contribution is 5.99. The van der Waals surface area contributed by atoms with Crippen LogP contribution in [0.15, 0.2) is 114 Å². The van der Waals surface area contributed by atoms with Gasteiger partial charge in [-0.05, 0) is 110 Å². The highest BCUT2D eigenvalue weighted by atomic mass is 16.3. The molecule has 1 saturated heterocycles. The van der Waals surface area contributed by atoms with E-state index >= 15 is 0 Å². The van der Waals surface area contributed by atoms with E-state index in [1.54, 1.807) is 31.5 Å². The summed E-state index contributed by atoms with van der Waals surface area (Å²) in [4.78, 5) is 126. The Morgan fingerprint density at radius 1 is 0.628 bits per heavy atom. The number of aliphatic imine (C=N–C) groups is 1. The minimum absolute atomic E-state index is 0.0242. The van der Waals surface area contributed by atoms with E-state index < -0.39 is 90.3 Å². The molecule has 7 rings (SSSR count). The molecule has 1 aliphatic rings. The van der Waals surface area contributed by atoms with E-state index in [1.165, 1.54) is 41.3 Å². The van der Waals surface area contributed by atoms with Crippen LogP contribution in [-0.4, -0.2) is 152 Å². The second-order valence-corrected chi connectivity index (χ2v) is 21.9. The Morgan fingerprint density at radius 2 is 1.12 bits per heavy atom. The fourth-order valence-corrected chi connectivity index (χ4v) is 10.5. The minimum Gasteiger partial charge on any atom is -0.508 e. The Kier molecular flexibility index (Phi) is 23.0. The summed E-state index contributed by atoms with van der Waals surface area (Å²) < 4.78 is 0. The summed E-state index contributed by atoms with van der Waals surface area (Å²) in [6, 6.07) is 17.8. The number of nitrogens with zero attached hydrogens (tertiary/aromatic N) is 2. The summed E-state index contributed by atoms with van der Waals surface area (Å²) in [6.45, 7) is 5.30. The highest BCUT2D eigenvalue weighted by Crippen LogP contribution is 2.24. The van der Waals surface area contributed by atoms with Crippen molar-refractivity contribution >= 4 is 75.0 Å². The summed E-state index contributed by atoms with van der Waals surface area (Å²) in [5.41, 5.74) is 15.2. The maximum absolute atomic E-state index is 15.0. The van der Waals surface area contributed by atoms with Crippen molar-refractivity contribution in [3.05, 3.63) is 132 Å². The zero-order chi connectivity index (χ0) is 61.9. The quantitative estimate of drug-likeness (QED) is 0.0174. The van der Waals surface area contributed by atoms with Crippen LogP contribution in [0.4, 0.5) is 0 Å². The number of para-hydroxylation sites is 2. The third kappa shape index (κ3) is 18.0.